The predicted octanol–water partition coefficient (Wildman–Crippen LogP) is 4.22. The van der Waals surface area contributed by atoms with Gasteiger partial charge in [-0.15, -0.1) is 0 Å². The molecule has 0 aromatic heterocycles. The first-order chi connectivity index (χ1) is 10.2. The van der Waals surface area contributed by atoms with Crippen LogP contribution in [-0.4, -0.2) is 30.1 Å². The van der Waals surface area contributed by atoms with Gasteiger partial charge in [0.2, 0.25) is 0 Å². The molecule has 3 rings (SSSR count). The van der Waals surface area contributed by atoms with E-state index in [1.165, 1.54) is 38.0 Å². The van der Waals surface area contributed by atoms with Gasteiger partial charge in [-0.2, -0.15) is 0 Å². The molecule has 0 bridgehead atoms. The first kappa shape index (κ1) is 14.8. The lowest BCUT2D eigenvalue weighted by Gasteiger charge is -2.28. The third-order valence-electron chi connectivity index (χ3n) is 4.28. The number of benzene rings is 1. The number of piperidine rings is 1. The first-order valence-electron chi connectivity index (χ1n) is 8.05. The van der Waals surface area contributed by atoms with Gasteiger partial charge in [0.1, 0.15) is 0 Å². The van der Waals surface area contributed by atoms with Gasteiger partial charge in [-0.3, -0.25) is 4.99 Å². The second kappa shape index (κ2) is 6.73. The molecular formula is C17H25N3S. The lowest BCUT2D eigenvalue weighted by molar-refractivity contribution is 0.543. The highest BCUT2D eigenvalue weighted by Gasteiger charge is 2.21. The molecule has 0 radical (unpaired) electrons. The quantitative estimate of drug-likeness (QED) is 0.906. The van der Waals surface area contributed by atoms with E-state index in [2.05, 4.69) is 48.3 Å². The molecule has 1 N–H and O–H groups in total. The standard InChI is InChI=1S/C17H25N3S/c1-13(2)16-12-21-17(19-16)18-14-6-8-15(9-7-14)20-10-4-3-5-11-20/h6-9,13,16H,3-5,10-12H2,1-2H3,(H,18,19)/t16-/m1/s1. The minimum absolute atomic E-state index is 0.463. The second-order valence-corrected chi connectivity index (χ2v) is 7.28. The lowest BCUT2D eigenvalue weighted by atomic mass is 10.1. The van der Waals surface area contributed by atoms with E-state index in [1.54, 1.807) is 0 Å². The van der Waals surface area contributed by atoms with Gasteiger partial charge in [0.05, 0.1) is 6.04 Å². The molecule has 114 valence electrons. The Balaban J connectivity index is 1.61. The van der Waals surface area contributed by atoms with E-state index in [4.69, 9.17) is 4.99 Å². The molecule has 0 spiro atoms. The average Bonchev–Trinajstić information content (AvgIpc) is 2.98. The molecule has 0 unspecified atom stereocenters. The van der Waals surface area contributed by atoms with Crippen molar-refractivity contribution in [1.82, 2.24) is 0 Å². The van der Waals surface area contributed by atoms with Crippen molar-refractivity contribution in [2.45, 2.75) is 39.2 Å². The summed E-state index contributed by atoms with van der Waals surface area (Å²) in [4.78, 5) is 7.24. The molecule has 0 aliphatic carbocycles. The molecule has 2 aliphatic rings. The number of rotatable bonds is 3. The molecule has 1 atom stereocenters. The van der Waals surface area contributed by atoms with E-state index in [0.717, 1.165) is 16.6 Å². The van der Waals surface area contributed by atoms with Crippen molar-refractivity contribution >= 4 is 28.3 Å². The number of anilines is 2. The largest absolute Gasteiger partial charge is 0.372 e. The highest BCUT2D eigenvalue weighted by molar-refractivity contribution is 8.14. The Kier molecular flexibility index (Phi) is 4.73. The molecule has 0 saturated carbocycles. The number of aliphatic imine (C=N–C) groups is 1. The maximum atomic E-state index is 4.75. The molecular weight excluding hydrogens is 278 g/mol. The third kappa shape index (κ3) is 3.73. The van der Waals surface area contributed by atoms with E-state index in [-0.39, 0.29) is 0 Å². The fourth-order valence-corrected chi connectivity index (χ4v) is 4.02. The van der Waals surface area contributed by atoms with Crippen LogP contribution in [0.2, 0.25) is 0 Å². The summed E-state index contributed by atoms with van der Waals surface area (Å²) < 4.78 is 0. The zero-order valence-corrected chi connectivity index (χ0v) is 13.8. The Morgan fingerprint density at radius 1 is 1.14 bits per heavy atom. The number of nitrogens with one attached hydrogen (secondary N) is 1. The molecule has 1 aromatic rings. The summed E-state index contributed by atoms with van der Waals surface area (Å²) in [5.41, 5.74) is 2.49. The highest BCUT2D eigenvalue weighted by atomic mass is 32.2. The van der Waals surface area contributed by atoms with Crippen LogP contribution in [0.4, 0.5) is 11.4 Å². The van der Waals surface area contributed by atoms with Crippen molar-refractivity contribution in [1.29, 1.82) is 0 Å². The first-order valence-corrected chi connectivity index (χ1v) is 9.03. The summed E-state index contributed by atoms with van der Waals surface area (Å²) in [6, 6.07) is 9.28. The van der Waals surface area contributed by atoms with Crippen LogP contribution < -0.4 is 10.2 Å². The SMILES string of the molecule is CC(C)[C@H]1CSC(Nc2ccc(N3CCCCC3)cc2)=N1. The van der Waals surface area contributed by atoms with Gasteiger partial charge in [0.25, 0.3) is 0 Å². The van der Waals surface area contributed by atoms with Crippen molar-refractivity contribution < 1.29 is 0 Å². The minimum Gasteiger partial charge on any atom is -0.372 e. The van der Waals surface area contributed by atoms with Crippen molar-refractivity contribution in [3.8, 4) is 0 Å². The van der Waals surface area contributed by atoms with Crippen molar-refractivity contribution in [3.05, 3.63) is 24.3 Å². The van der Waals surface area contributed by atoms with E-state index in [0.29, 0.717) is 12.0 Å². The van der Waals surface area contributed by atoms with Gasteiger partial charge in [0.15, 0.2) is 5.17 Å². The Bertz CT molecular complexity index is 489. The molecule has 4 heteroatoms. The van der Waals surface area contributed by atoms with Crippen LogP contribution in [0.1, 0.15) is 33.1 Å². The number of hydrogen-bond acceptors (Lipinski definition) is 4. The molecule has 2 heterocycles. The fraction of sp³-hybridized carbons (Fsp3) is 0.588. The van der Waals surface area contributed by atoms with Crippen LogP contribution in [0.5, 0.6) is 0 Å². The fourth-order valence-electron chi connectivity index (χ4n) is 2.83. The van der Waals surface area contributed by atoms with Gasteiger partial charge in [-0.1, -0.05) is 25.6 Å². The van der Waals surface area contributed by atoms with Crippen molar-refractivity contribution in [2.75, 3.05) is 29.1 Å². The molecule has 21 heavy (non-hydrogen) atoms. The van der Waals surface area contributed by atoms with Gasteiger partial charge >= 0.3 is 0 Å². The van der Waals surface area contributed by atoms with Crippen LogP contribution in [0.3, 0.4) is 0 Å². The maximum absolute atomic E-state index is 4.75. The lowest BCUT2D eigenvalue weighted by Crippen LogP contribution is -2.29. The van der Waals surface area contributed by atoms with E-state index in [1.807, 2.05) is 11.8 Å². The van der Waals surface area contributed by atoms with Crippen LogP contribution in [0.25, 0.3) is 0 Å². The smallest absolute Gasteiger partial charge is 0.161 e. The topological polar surface area (TPSA) is 27.6 Å². The summed E-state index contributed by atoms with van der Waals surface area (Å²) in [6.45, 7) is 6.88. The predicted molar refractivity (Wildman–Crippen MR) is 94.6 cm³/mol. The van der Waals surface area contributed by atoms with Crippen LogP contribution >= 0.6 is 11.8 Å². The van der Waals surface area contributed by atoms with E-state index in [9.17, 15) is 0 Å². The van der Waals surface area contributed by atoms with Crippen LogP contribution in [0.15, 0.2) is 29.3 Å². The highest BCUT2D eigenvalue weighted by Crippen LogP contribution is 2.26. The summed E-state index contributed by atoms with van der Waals surface area (Å²) in [5.74, 6) is 1.73. The second-order valence-electron chi connectivity index (χ2n) is 6.28. The Morgan fingerprint density at radius 3 is 2.48 bits per heavy atom. The summed E-state index contributed by atoms with van der Waals surface area (Å²) >= 11 is 1.83. The van der Waals surface area contributed by atoms with E-state index >= 15 is 0 Å². The maximum Gasteiger partial charge on any atom is 0.161 e. The summed E-state index contributed by atoms with van der Waals surface area (Å²) in [5, 5.41) is 4.52. The monoisotopic (exact) mass is 303 g/mol. The normalized spacial score (nSPS) is 22.5. The van der Waals surface area contributed by atoms with Gasteiger partial charge in [-0.25, -0.2) is 0 Å². The zero-order valence-electron chi connectivity index (χ0n) is 13.0. The summed E-state index contributed by atoms with van der Waals surface area (Å²) in [7, 11) is 0. The minimum atomic E-state index is 0.463. The van der Waals surface area contributed by atoms with Crippen LogP contribution in [-0.2, 0) is 0 Å². The third-order valence-corrected chi connectivity index (χ3v) is 5.27. The number of amidine groups is 1. The molecule has 1 aromatic carbocycles. The number of hydrogen-bond donors (Lipinski definition) is 1. The molecule has 2 aliphatic heterocycles. The number of nitrogens with zero attached hydrogens (tertiary/aromatic N) is 2. The molecule has 0 amide bonds. The zero-order chi connectivity index (χ0) is 14.7. The molecule has 1 fully saturated rings. The average molecular weight is 303 g/mol. The summed E-state index contributed by atoms with van der Waals surface area (Å²) in [6.07, 6.45) is 4.03. The number of thioether (sulfide) groups is 1. The van der Waals surface area contributed by atoms with Crippen molar-refractivity contribution in [3.63, 3.8) is 0 Å². The van der Waals surface area contributed by atoms with Gasteiger partial charge < -0.3 is 10.2 Å². The Hall–Kier alpha value is -1.16. The Labute approximate surface area is 132 Å². The van der Waals surface area contributed by atoms with Crippen molar-refractivity contribution in [2.24, 2.45) is 10.9 Å². The van der Waals surface area contributed by atoms with Gasteiger partial charge in [-0.05, 0) is 49.4 Å². The van der Waals surface area contributed by atoms with Crippen LogP contribution in [0, 0.1) is 5.92 Å². The molecule has 3 nitrogen and oxygen atoms in total. The van der Waals surface area contributed by atoms with Gasteiger partial charge in [0, 0.05) is 30.2 Å². The molecule has 1 saturated heterocycles. The Morgan fingerprint density at radius 2 is 1.86 bits per heavy atom. The van der Waals surface area contributed by atoms with E-state index < -0.39 is 0 Å².